The predicted octanol–water partition coefficient (Wildman–Crippen LogP) is 4.02. The molecule has 2 unspecified atom stereocenters. The fourth-order valence-corrected chi connectivity index (χ4v) is 2.41. The Kier molecular flexibility index (Phi) is 6.07. The van der Waals surface area contributed by atoms with E-state index in [9.17, 15) is 0 Å². The molecule has 0 aliphatic carbocycles. The maximum Gasteiger partial charge on any atom is 0.0175 e. The average molecular weight is 284 g/mol. The van der Waals surface area contributed by atoms with Crippen molar-refractivity contribution in [3.8, 4) is 0 Å². The van der Waals surface area contributed by atoms with Crippen molar-refractivity contribution >= 4 is 15.9 Å². The Morgan fingerprint density at radius 2 is 1.81 bits per heavy atom. The van der Waals surface area contributed by atoms with Crippen molar-refractivity contribution in [2.24, 2.45) is 5.92 Å². The van der Waals surface area contributed by atoms with Gasteiger partial charge in [-0.3, -0.25) is 0 Å². The number of halogens is 1. The van der Waals surface area contributed by atoms with Crippen LogP contribution in [-0.4, -0.2) is 12.6 Å². The molecule has 1 N–H and O–H groups in total. The van der Waals surface area contributed by atoms with E-state index in [0.717, 1.165) is 17.4 Å². The van der Waals surface area contributed by atoms with Crippen molar-refractivity contribution < 1.29 is 0 Å². The summed E-state index contributed by atoms with van der Waals surface area (Å²) >= 11 is 3.47. The van der Waals surface area contributed by atoms with Crippen LogP contribution in [0, 0.1) is 5.92 Å². The first-order valence-electron chi connectivity index (χ1n) is 6.15. The van der Waals surface area contributed by atoms with Gasteiger partial charge in [-0.15, -0.1) is 0 Å². The van der Waals surface area contributed by atoms with E-state index in [-0.39, 0.29) is 0 Å². The Labute approximate surface area is 108 Å². The summed E-state index contributed by atoms with van der Waals surface area (Å²) in [4.78, 5) is 0. The quantitative estimate of drug-likeness (QED) is 0.832. The van der Waals surface area contributed by atoms with Crippen molar-refractivity contribution in [3.05, 3.63) is 34.3 Å². The minimum atomic E-state index is 0.633. The number of nitrogens with one attached hydrogen (secondary N) is 1. The molecule has 0 heterocycles. The average Bonchev–Trinajstić information content (AvgIpc) is 2.29. The fourth-order valence-electron chi connectivity index (χ4n) is 2.14. The van der Waals surface area contributed by atoms with Gasteiger partial charge in [-0.05, 0) is 43.0 Å². The van der Waals surface area contributed by atoms with Crippen LogP contribution in [0.15, 0.2) is 28.7 Å². The molecule has 2 atom stereocenters. The first-order chi connectivity index (χ1) is 7.67. The van der Waals surface area contributed by atoms with Crippen LogP contribution in [0.3, 0.4) is 0 Å². The Hall–Kier alpha value is -0.340. The molecular formula is C14H22BrN. The van der Waals surface area contributed by atoms with Crippen LogP contribution in [0.4, 0.5) is 0 Å². The standard InChI is InChI=1S/C14H22BrN/c1-4-14(16-5-2)11(3)10-12-6-8-13(15)9-7-12/h6-9,11,14,16H,4-5,10H2,1-3H3. The predicted molar refractivity (Wildman–Crippen MR) is 74.8 cm³/mol. The van der Waals surface area contributed by atoms with Gasteiger partial charge in [0.1, 0.15) is 0 Å². The molecule has 0 saturated carbocycles. The molecule has 1 aromatic carbocycles. The van der Waals surface area contributed by atoms with Gasteiger partial charge in [0.05, 0.1) is 0 Å². The van der Waals surface area contributed by atoms with E-state index in [1.165, 1.54) is 12.0 Å². The summed E-state index contributed by atoms with van der Waals surface area (Å²) in [6, 6.07) is 9.29. The molecule has 2 heteroatoms. The Morgan fingerprint density at radius 1 is 1.19 bits per heavy atom. The maximum absolute atomic E-state index is 3.55. The third-order valence-electron chi connectivity index (χ3n) is 3.06. The van der Waals surface area contributed by atoms with Gasteiger partial charge in [0.25, 0.3) is 0 Å². The van der Waals surface area contributed by atoms with Gasteiger partial charge in [0, 0.05) is 10.5 Å². The summed E-state index contributed by atoms with van der Waals surface area (Å²) in [7, 11) is 0. The van der Waals surface area contributed by atoms with Crippen LogP contribution < -0.4 is 5.32 Å². The van der Waals surface area contributed by atoms with Crippen molar-refractivity contribution in [1.82, 2.24) is 5.32 Å². The molecule has 0 radical (unpaired) electrons. The van der Waals surface area contributed by atoms with Gasteiger partial charge in [0.15, 0.2) is 0 Å². The summed E-state index contributed by atoms with van der Waals surface area (Å²) in [6.45, 7) is 7.82. The molecule has 0 aliphatic heterocycles. The maximum atomic E-state index is 3.55. The van der Waals surface area contributed by atoms with Crippen molar-refractivity contribution in [3.63, 3.8) is 0 Å². The van der Waals surface area contributed by atoms with E-state index < -0.39 is 0 Å². The SMILES string of the molecule is CCNC(CC)C(C)Cc1ccc(Br)cc1. The topological polar surface area (TPSA) is 12.0 Å². The third-order valence-corrected chi connectivity index (χ3v) is 3.59. The molecule has 16 heavy (non-hydrogen) atoms. The molecule has 0 amide bonds. The first kappa shape index (κ1) is 13.7. The van der Waals surface area contributed by atoms with E-state index in [1.54, 1.807) is 0 Å². The van der Waals surface area contributed by atoms with Crippen LogP contribution in [0.25, 0.3) is 0 Å². The second-order valence-electron chi connectivity index (χ2n) is 4.38. The van der Waals surface area contributed by atoms with Crippen LogP contribution in [0.5, 0.6) is 0 Å². The normalized spacial score (nSPS) is 14.8. The highest BCUT2D eigenvalue weighted by atomic mass is 79.9. The molecule has 0 fully saturated rings. The Balaban J connectivity index is 2.55. The lowest BCUT2D eigenvalue weighted by Gasteiger charge is -2.23. The smallest absolute Gasteiger partial charge is 0.0175 e. The zero-order chi connectivity index (χ0) is 12.0. The first-order valence-corrected chi connectivity index (χ1v) is 6.94. The van der Waals surface area contributed by atoms with Gasteiger partial charge < -0.3 is 5.32 Å². The van der Waals surface area contributed by atoms with Gasteiger partial charge in [0.2, 0.25) is 0 Å². The lowest BCUT2D eigenvalue weighted by molar-refractivity contribution is 0.371. The molecule has 1 rings (SSSR count). The molecule has 0 aromatic heterocycles. The van der Waals surface area contributed by atoms with Crippen LogP contribution >= 0.6 is 15.9 Å². The lowest BCUT2D eigenvalue weighted by atomic mass is 9.92. The minimum absolute atomic E-state index is 0.633. The van der Waals surface area contributed by atoms with Crippen molar-refractivity contribution in [1.29, 1.82) is 0 Å². The zero-order valence-electron chi connectivity index (χ0n) is 10.5. The monoisotopic (exact) mass is 283 g/mol. The minimum Gasteiger partial charge on any atom is -0.314 e. The molecule has 0 spiro atoms. The second kappa shape index (κ2) is 7.08. The third kappa shape index (κ3) is 4.26. The zero-order valence-corrected chi connectivity index (χ0v) is 12.0. The van der Waals surface area contributed by atoms with Gasteiger partial charge >= 0.3 is 0 Å². The molecular weight excluding hydrogens is 262 g/mol. The van der Waals surface area contributed by atoms with Crippen molar-refractivity contribution in [2.45, 2.75) is 39.7 Å². The Morgan fingerprint density at radius 3 is 2.31 bits per heavy atom. The molecule has 1 nitrogen and oxygen atoms in total. The highest BCUT2D eigenvalue weighted by Gasteiger charge is 2.14. The van der Waals surface area contributed by atoms with Crippen LogP contribution in [0.2, 0.25) is 0 Å². The van der Waals surface area contributed by atoms with E-state index >= 15 is 0 Å². The summed E-state index contributed by atoms with van der Waals surface area (Å²) in [5.41, 5.74) is 1.42. The molecule has 1 aromatic rings. The van der Waals surface area contributed by atoms with E-state index in [0.29, 0.717) is 12.0 Å². The highest BCUT2D eigenvalue weighted by Crippen LogP contribution is 2.17. The van der Waals surface area contributed by atoms with Crippen LogP contribution in [-0.2, 0) is 6.42 Å². The largest absolute Gasteiger partial charge is 0.314 e. The van der Waals surface area contributed by atoms with Gasteiger partial charge in [-0.25, -0.2) is 0 Å². The lowest BCUT2D eigenvalue weighted by Crippen LogP contribution is -2.35. The number of benzene rings is 1. The summed E-state index contributed by atoms with van der Waals surface area (Å²) in [6.07, 6.45) is 2.35. The van der Waals surface area contributed by atoms with Crippen LogP contribution in [0.1, 0.15) is 32.8 Å². The number of hydrogen-bond acceptors (Lipinski definition) is 1. The van der Waals surface area contributed by atoms with E-state index in [4.69, 9.17) is 0 Å². The fraction of sp³-hybridized carbons (Fsp3) is 0.571. The van der Waals surface area contributed by atoms with E-state index in [1.807, 2.05) is 0 Å². The number of rotatable bonds is 6. The van der Waals surface area contributed by atoms with Gasteiger partial charge in [-0.2, -0.15) is 0 Å². The van der Waals surface area contributed by atoms with E-state index in [2.05, 4.69) is 66.3 Å². The summed E-state index contributed by atoms with van der Waals surface area (Å²) in [5, 5.41) is 3.55. The number of hydrogen-bond donors (Lipinski definition) is 1. The second-order valence-corrected chi connectivity index (χ2v) is 5.30. The Bertz CT molecular complexity index is 294. The summed E-state index contributed by atoms with van der Waals surface area (Å²) in [5.74, 6) is 0.686. The van der Waals surface area contributed by atoms with Gasteiger partial charge in [-0.1, -0.05) is 48.8 Å². The van der Waals surface area contributed by atoms with Crippen molar-refractivity contribution in [2.75, 3.05) is 6.54 Å². The molecule has 0 aliphatic rings. The highest BCUT2D eigenvalue weighted by molar-refractivity contribution is 9.10. The molecule has 0 bridgehead atoms. The summed E-state index contributed by atoms with van der Waals surface area (Å²) < 4.78 is 1.16. The molecule has 0 saturated heterocycles. The molecule has 90 valence electrons.